The molecule has 3 aromatic rings. The molecule has 1 aliphatic carbocycles. The van der Waals surface area contributed by atoms with E-state index < -0.39 is 5.54 Å². The Kier molecular flexibility index (Phi) is 5.93. The van der Waals surface area contributed by atoms with E-state index in [0.29, 0.717) is 29.1 Å². The minimum absolute atomic E-state index is 0. The van der Waals surface area contributed by atoms with Gasteiger partial charge in [0.25, 0.3) is 5.89 Å². The summed E-state index contributed by atoms with van der Waals surface area (Å²) >= 11 is 0. The highest BCUT2D eigenvalue weighted by molar-refractivity contribution is 5.85. The summed E-state index contributed by atoms with van der Waals surface area (Å²) in [6.07, 6.45) is 5.67. The van der Waals surface area contributed by atoms with E-state index in [1.807, 2.05) is 36.4 Å². The second-order valence-corrected chi connectivity index (χ2v) is 6.41. The normalized spacial score (nSPS) is 15.1. The minimum Gasteiger partial charge on any atom is -0.484 e. The van der Waals surface area contributed by atoms with Gasteiger partial charge in [0.05, 0.1) is 5.54 Å². The third-order valence-corrected chi connectivity index (χ3v) is 4.46. The molecule has 8 heteroatoms. The van der Waals surface area contributed by atoms with Crippen LogP contribution in [-0.4, -0.2) is 15.1 Å². The second kappa shape index (κ2) is 8.37. The fraction of sp³-hybridized carbons (Fsp3) is 0.316. The van der Waals surface area contributed by atoms with Crippen LogP contribution in [0.4, 0.5) is 0 Å². The van der Waals surface area contributed by atoms with Gasteiger partial charge < -0.3 is 19.7 Å². The van der Waals surface area contributed by atoms with E-state index in [0.717, 1.165) is 25.7 Å². The van der Waals surface area contributed by atoms with Crippen molar-refractivity contribution in [3.63, 3.8) is 0 Å². The predicted octanol–water partition coefficient (Wildman–Crippen LogP) is 3.99. The van der Waals surface area contributed by atoms with Crippen molar-refractivity contribution < 1.29 is 14.0 Å². The molecule has 2 aromatic heterocycles. The molecule has 0 aliphatic heterocycles. The fourth-order valence-electron chi connectivity index (χ4n) is 3.02. The Hall–Kier alpha value is -2.64. The van der Waals surface area contributed by atoms with E-state index in [9.17, 15) is 0 Å². The lowest BCUT2D eigenvalue weighted by atomic mass is 9.99. The third-order valence-electron chi connectivity index (χ3n) is 4.46. The molecule has 0 radical (unpaired) electrons. The first-order chi connectivity index (χ1) is 12.7. The molecule has 142 valence electrons. The van der Waals surface area contributed by atoms with Crippen LogP contribution in [0.1, 0.15) is 37.4 Å². The summed E-state index contributed by atoms with van der Waals surface area (Å²) in [5.74, 6) is 2.91. The highest BCUT2D eigenvalue weighted by atomic mass is 35.5. The Bertz CT molecular complexity index is 849. The SMILES string of the molecule is Cl.NC1(c2noc(COc3ccc(Oc4ccccn4)cc3)n2)CCCC1. The number of pyridine rings is 1. The molecule has 27 heavy (non-hydrogen) atoms. The number of halogens is 1. The molecular weight excluding hydrogens is 368 g/mol. The molecule has 0 saturated heterocycles. The number of hydrogen-bond donors (Lipinski definition) is 1. The maximum atomic E-state index is 6.34. The largest absolute Gasteiger partial charge is 0.484 e. The Morgan fingerprint density at radius 1 is 1.04 bits per heavy atom. The van der Waals surface area contributed by atoms with Gasteiger partial charge in [-0.15, -0.1) is 12.4 Å². The zero-order valence-corrected chi connectivity index (χ0v) is 15.5. The molecule has 4 rings (SSSR count). The van der Waals surface area contributed by atoms with Crippen LogP contribution in [0.25, 0.3) is 0 Å². The third kappa shape index (κ3) is 4.56. The van der Waals surface area contributed by atoms with Gasteiger partial charge in [-0.3, -0.25) is 0 Å². The van der Waals surface area contributed by atoms with Crippen molar-refractivity contribution >= 4 is 12.4 Å². The van der Waals surface area contributed by atoms with Crippen LogP contribution in [0.15, 0.2) is 53.2 Å². The highest BCUT2D eigenvalue weighted by Crippen LogP contribution is 2.34. The smallest absolute Gasteiger partial charge is 0.264 e. The van der Waals surface area contributed by atoms with Gasteiger partial charge in [0.1, 0.15) is 11.5 Å². The molecule has 0 amide bonds. The van der Waals surface area contributed by atoms with Gasteiger partial charge in [0.15, 0.2) is 12.4 Å². The first-order valence-corrected chi connectivity index (χ1v) is 8.65. The molecule has 0 atom stereocenters. The van der Waals surface area contributed by atoms with Gasteiger partial charge in [-0.25, -0.2) is 4.98 Å². The average Bonchev–Trinajstić information content (AvgIpc) is 3.32. The van der Waals surface area contributed by atoms with E-state index >= 15 is 0 Å². The Labute approximate surface area is 163 Å². The van der Waals surface area contributed by atoms with Gasteiger partial charge >= 0.3 is 0 Å². The van der Waals surface area contributed by atoms with Gasteiger partial charge in [0.2, 0.25) is 5.88 Å². The molecular formula is C19H21ClN4O3. The number of nitrogens with two attached hydrogens (primary N) is 1. The number of rotatable bonds is 6. The van der Waals surface area contributed by atoms with Crippen LogP contribution >= 0.6 is 12.4 Å². The Morgan fingerprint density at radius 2 is 1.78 bits per heavy atom. The van der Waals surface area contributed by atoms with Gasteiger partial charge in [0, 0.05) is 12.3 Å². The van der Waals surface area contributed by atoms with Crippen molar-refractivity contribution in [1.82, 2.24) is 15.1 Å². The Balaban J connectivity index is 0.00000210. The molecule has 0 spiro atoms. The summed E-state index contributed by atoms with van der Waals surface area (Å²) in [7, 11) is 0. The molecule has 2 N–H and O–H groups in total. The van der Waals surface area contributed by atoms with E-state index in [2.05, 4.69) is 15.1 Å². The van der Waals surface area contributed by atoms with Crippen LogP contribution in [0, 0.1) is 0 Å². The van der Waals surface area contributed by atoms with Gasteiger partial charge in [-0.2, -0.15) is 4.98 Å². The number of hydrogen-bond acceptors (Lipinski definition) is 7. The van der Waals surface area contributed by atoms with Crippen molar-refractivity contribution in [3.05, 3.63) is 60.4 Å². The van der Waals surface area contributed by atoms with Crippen molar-refractivity contribution in [2.24, 2.45) is 5.73 Å². The van der Waals surface area contributed by atoms with E-state index in [1.165, 1.54) is 0 Å². The molecule has 0 bridgehead atoms. The minimum atomic E-state index is -0.452. The summed E-state index contributed by atoms with van der Waals surface area (Å²) in [6, 6.07) is 12.8. The lowest BCUT2D eigenvalue weighted by Crippen LogP contribution is -2.34. The summed E-state index contributed by atoms with van der Waals surface area (Å²) in [6.45, 7) is 0.198. The molecule has 1 saturated carbocycles. The number of benzene rings is 1. The van der Waals surface area contributed by atoms with Crippen LogP contribution < -0.4 is 15.2 Å². The molecule has 0 unspecified atom stereocenters. The van der Waals surface area contributed by atoms with Crippen LogP contribution in [0.2, 0.25) is 0 Å². The topological polar surface area (TPSA) is 96.3 Å². The van der Waals surface area contributed by atoms with Crippen molar-refractivity contribution in [2.45, 2.75) is 37.8 Å². The Morgan fingerprint density at radius 3 is 2.48 bits per heavy atom. The maximum Gasteiger partial charge on any atom is 0.264 e. The van der Waals surface area contributed by atoms with Crippen LogP contribution in [0.5, 0.6) is 17.4 Å². The summed E-state index contributed by atoms with van der Waals surface area (Å²) in [5, 5.41) is 4.03. The second-order valence-electron chi connectivity index (χ2n) is 6.41. The summed E-state index contributed by atoms with van der Waals surface area (Å²) in [5.41, 5.74) is 5.88. The van der Waals surface area contributed by atoms with E-state index in [1.54, 1.807) is 12.3 Å². The molecule has 7 nitrogen and oxygen atoms in total. The van der Waals surface area contributed by atoms with Gasteiger partial charge in [-0.05, 0) is 43.2 Å². The number of aromatic nitrogens is 3. The molecule has 1 aliphatic rings. The zero-order chi connectivity index (χ0) is 17.8. The van der Waals surface area contributed by atoms with Crippen LogP contribution in [0.3, 0.4) is 0 Å². The van der Waals surface area contributed by atoms with E-state index in [4.69, 9.17) is 19.7 Å². The molecule has 1 fully saturated rings. The number of nitrogens with zero attached hydrogens (tertiary/aromatic N) is 3. The van der Waals surface area contributed by atoms with Crippen molar-refractivity contribution in [2.75, 3.05) is 0 Å². The zero-order valence-electron chi connectivity index (χ0n) is 14.7. The first-order valence-electron chi connectivity index (χ1n) is 8.65. The van der Waals surface area contributed by atoms with Crippen LogP contribution in [-0.2, 0) is 12.1 Å². The van der Waals surface area contributed by atoms with Crippen molar-refractivity contribution in [1.29, 1.82) is 0 Å². The van der Waals surface area contributed by atoms with E-state index in [-0.39, 0.29) is 19.0 Å². The lowest BCUT2D eigenvalue weighted by molar-refractivity contribution is 0.241. The number of ether oxygens (including phenoxy) is 2. The van der Waals surface area contributed by atoms with Gasteiger partial charge in [-0.1, -0.05) is 24.1 Å². The first kappa shape index (κ1) is 19.1. The molecule has 2 heterocycles. The summed E-state index contributed by atoms with van der Waals surface area (Å²) < 4.78 is 16.6. The average molecular weight is 389 g/mol. The standard InChI is InChI=1S/C19H20N4O3.ClH/c20-19(10-2-3-11-19)18-22-17(26-23-18)13-24-14-6-8-15(9-7-14)25-16-5-1-4-12-21-16;/h1,4-9,12H,2-3,10-11,13,20H2;1H. The quantitative estimate of drug-likeness (QED) is 0.681. The van der Waals surface area contributed by atoms with Crippen molar-refractivity contribution in [3.8, 4) is 17.4 Å². The summed E-state index contributed by atoms with van der Waals surface area (Å²) in [4.78, 5) is 8.51. The maximum absolute atomic E-state index is 6.34. The lowest BCUT2D eigenvalue weighted by Gasteiger charge is -2.17. The monoisotopic (exact) mass is 388 g/mol. The molecule has 1 aromatic carbocycles. The predicted molar refractivity (Wildman–Crippen MR) is 101 cm³/mol. The highest BCUT2D eigenvalue weighted by Gasteiger charge is 2.35. The fourth-order valence-corrected chi connectivity index (χ4v) is 3.02.